The van der Waals surface area contributed by atoms with Crippen LogP contribution < -0.4 is 0 Å². The minimum atomic E-state index is -3.23. The predicted octanol–water partition coefficient (Wildman–Crippen LogP) is 1.57. The lowest BCUT2D eigenvalue weighted by Crippen LogP contribution is -2.16. The maximum atomic E-state index is 13.4. The molecule has 2 unspecified atom stereocenters. The molecule has 0 spiro atoms. The van der Waals surface area contributed by atoms with Gasteiger partial charge in [-0.3, -0.25) is 0 Å². The smallest absolute Gasteiger partial charge is 0.161 e. The third-order valence-electron chi connectivity index (χ3n) is 3.07. The van der Waals surface area contributed by atoms with Crippen molar-refractivity contribution < 1.29 is 26.7 Å². The zero-order valence-corrected chi connectivity index (χ0v) is 10.1. The van der Waals surface area contributed by atoms with E-state index in [0.717, 1.165) is 0 Å². The Labute approximate surface area is 102 Å². The first-order chi connectivity index (χ1) is 8.30. The minimum absolute atomic E-state index is 0.0833. The summed E-state index contributed by atoms with van der Waals surface area (Å²) < 4.78 is 61.6. The van der Waals surface area contributed by atoms with Crippen LogP contribution in [0.4, 0.5) is 13.2 Å². The van der Waals surface area contributed by atoms with Crippen LogP contribution in [0.15, 0.2) is 12.1 Å². The molecule has 1 aliphatic rings. The number of aliphatic hydroxyl groups is 1. The van der Waals surface area contributed by atoms with Gasteiger partial charge < -0.3 is 5.11 Å². The first kappa shape index (κ1) is 13.4. The molecule has 0 amide bonds. The summed E-state index contributed by atoms with van der Waals surface area (Å²) in [6.07, 6.45) is -1.26. The largest absolute Gasteiger partial charge is 0.388 e. The number of halogens is 3. The fourth-order valence-corrected chi connectivity index (χ4v) is 3.92. The predicted molar refractivity (Wildman–Crippen MR) is 58.0 cm³/mol. The van der Waals surface area contributed by atoms with E-state index in [-0.39, 0.29) is 17.9 Å². The third kappa shape index (κ3) is 2.51. The second-order valence-electron chi connectivity index (χ2n) is 4.40. The summed E-state index contributed by atoms with van der Waals surface area (Å²) in [4.78, 5) is 0. The van der Waals surface area contributed by atoms with E-state index in [1.165, 1.54) is 0 Å². The quantitative estimate of drug-likeness (QED) is 0.837. The van der Waals surface area contributed by atoms with Crippen molar-refractivity contribution in [1.29, 1.82) is 0 Å². The van der Waals surface area contributed by atoms with E-state index in [9.17, 15) is 26.7 Å². The Morgan fingerprint density at radius 3 is 2.33 bits per heavy atom. The summed E-state index contributed by atoms with van der Waals surface area (Å²) in [7, 11) is -3.23. The Bertz CT molecular complexity index is 571. The molecule has 2 atom stereocenters. The normalized spacial score (nSPS) is 24.1. The summed E-state index contributed by atoms with van der Waals surface area (Å²) in [6, 6.07) is 0.914. The van der Waals surface area contributed by atoms with E-state index in [1.54, 1.807) is 0 Å². The van der Waals surface area contributed by atoms with Gasteiger partial charge in [0, 0.05) is 17.5 Å². The Morgan fingerprint density at radius 2 is 1.78 bits per heavy atom. The number of benzene rings is 1. The molecule has 2 rings (SSSR count). The molecule has 1 aliphatic heterocycles. The van der Waals surface area contributed by atoms with Crippen molar-refractivity contribution >= 4 is 9.84 Å². The topological polar surface area (TPSA) is 54.4 Å². The second-order valence-corrected chi connectivity index (χ2v) is 6.62. The first-order valence-corrected chi connectivity index (χ1v) is 7.15. The van der Waals surface area contributed by atoms with Crippen molar-refractivity contribution in [3.8, 4) is 0 Å². The van der Waals surface area contributed by atoms with Gasteiger partial charge in [-0.25, -0.2) is 21.6 Å². The van der Waals surface area contributed by atoms with Crippen LogP contribution in [0.25, 0.3) is 0 Å². The molecule has 0 bridgehead atoms. The summed E-state index contributed by atoms with van der Waals surface area (Å²) in [6.45, 7) is 0. The molecular weight excluding hydrogens is 269 g/mol. The lowest BCUT2D eigenvalue weighted by Gasteiger charge is -2.17. The Hall–Kier alpha value is -1.08. The van der Waals surface area contributed by atoms with Crippen molar-refractivity contribution in [2.24, 2.45) is 5.92 Å². The average molecular weight is 280 g/mol. The molecule has 1 aromatic rings. The number of hydrogen-bond donors (Lipinski definition) is 1. The highest BCUT2D eigenvalue weighted by molar-refractivity contribution is 7.91. The highest BCUT2D eigenvalue weighted by Crippen LogP contribution is 2.33. The van der Waals surface area contributed by atoms with Crippen molar-refractivity contribution in [2.75, 3.05) is 11.5 Å². The van der Waals surface area contributed by atoms with E-state index in [0.29, 0.717) is 12.1 Å². The van der Waals surface area contributed by atoms with Crippen LogP contribution in [-0.2, 0) is 9.84 Å². The van der Waals surface area contributed by atoms with Crippen molar-refractivity contribution in [2.45, 2.75) is 12.5 Å². The number of sulfone groups is 1. The molecule has 0 radical (unpaired) electrons. The van der Waals surface area contributed by atoms with E-state index in [2.05, 4.69) is 0 Å². The van der Waals surface area contributed by atoms with E-state index in [4.69, 9.17) is 0 Å². The zero-order chi connectivity index (χ0) is 13.5. The monoisotopic (exact) mass is 280 g/mol. The highest BCUT2D eigenvalue weighted by atomic mass is 32.2. The van der Waals surface area contributed by atoms with Gasteiger partial charge in [-0.15, -0.1) is 0 Å². The molecule has 0 aromatic heterocycles. The molecule has 1 N–H and O–H groups in total. The Balaban J connectivity index is 2.30. The van der Waals surface area contributed by atoms with Crippen LogP contribution in [-0.4, -0.2) is 25.0 Å². The Morgan fingerprint density at radius 1 is 1.17 bits per heavy atom. The number of aliphatic hydroxyl groups excluding tert-OH is 1. The van der Waals surface area contributed by atoms with Gasteiger partial charge in [-0.05, 0) is 12.5 Å². The van der Waals surface area contributed by atoms with Crippen LogP contribution in [0.1, 0.15) is 18.1 Å². The van der Waals surface area contributed by atoms with Gasteiger partial charge in [0.15, 0.2) is 21.5 Å². The zero-order valence-electron chi connectivity index (χ0n) is 9.24. The summed E-state index contributed by atoms with van der Waals surface area (Å²) in [5.74, 6) is -4.74. The van der Waals surface area contributed by atoms with Gasteiger partial charge in [0.05, 0.1) is 17.6 Å². The van der Waals surface area contributed by atoms with E-state index in [1.807, 2.05) is 0 Å². The fraction of sp³-hybridized carbons (Fsp3) is 0.455. The lowest BCUT2D eigenvalue weighted by atomic mass is 9.95. The average Bonchev–Trinajstić information content (AvgIpc) is 2.63. The van der Waals surface area contributed by atoms with Gasteiger partial charge in [0.25, 0.3) is 0 Å². The van der Waals surface area contributed by atoms with Crippen LogP contribution >= 0.6 is 0 Å². The fourth-order valence-electron chi connectivity index (χ4n) is 2.09. The van der Waals surface area contributed by atoms with Crippen LogP contribution in [0.3, 0.4) is 0 Å². The molecule has 1 fully saturated rings. The Kier molecular flexibility index (Phi) is 3.37. The maximum absolute atomic E-state index is 13.4. The van der Waals surface area contributed by atoms with Crippen molar-refractivity contribution in [3.63, 3.8) is 0 Å². The molecule has 100 valence electrons. The minimum Gasteiger partial charge on any atom is -0.388 e. The van der Waals surface area contributed by atoms with Crippen LogP contribution in [0, 0.1) is 23.4 Å². The van der Waals surface area contributed by atoms with Gasteiger partial charge in [-0.1, -0.05) is 0 Å². The maximum Gasteiger partial charge on any atom is 0.161 e. The molecule has 1 saturated heterocycles. The summed E-state index contributed by atoms with van der Waals surface area (Å²) in [5, 5.41) is 9.86. The second kappa shape index (κ2) is 4.55. The van der Waals surface area contributed by atoms with Gasteiger partial charge in [-0.2, -0.15) is 0 Å². The molecule has 3 nitrogen and oxygen atoms in total. The summed E-state index contributed by atoms with van der Waals surface area (Å²) in [5.41, 5.74) is -0.406. The number of hydrogen-bond acceptors (Lipinski definition) is 3. The first-order valence-electron chi connectivity index (χ1n) is 5.33. The SMILES string of the molecule is O=S1(=O)CCC(C(O)c2cc(F)c(F)cc2F)C1. The third-order valence-corrected chi connectivity index (χ3v) is 4.87. The van der Waals surface area contributed by atoms with Gasteiger partial charge in [0.1, 0.15) is 5.82 Å². The molecule has 0 aliphatic carbocycles. The summed E-state index contributed by atoms with van der Waals surface area (Å²) >= 11 is 0. The van der Waals surface area contributed by atoms with Crippen molar-refractivity contribution in [3.05, 3.63) is 35.1 Å². The highest BCUT2D eigenvalue weighted by Gasteiger charge is 2.35. The lowest BCUT2D eigenvalue weighted by molar-refractivity contribution is 0.116. The molecule has 0 saturated carbocycles. The van der Waals surface area contributed by atoms with E-state index >= 15 is 0 Å². The molecule has 1 aromatic carbocycles. The molecule has 1 heterocycles. The molecule has 7 heteroatoms. The standard InChI is InChI=1S/C11H11F3O3S/c12-8-4-10(14)9(13)3-7(8)11(15)6-1-2-18(16,17)5-6/h3-4,6,11,15H,1-2,5H2. The molecular formula is C11H11F3O3S. The number of rotatable bonds is 2. The van der Waals surface area contributed by atoms with Gasteiger partial charge >= 0.3 is 0 Å². The van der Waals surface area contributed by atoms with E-state index < -0.39 is 44.9 Å². The van der Waals surface area contributed by atoms with Crippen LogP contribution in [0.5, 0.6) is 0 Å². The van der Waals surface area contributed by atoms with Crippen LogP contribution in [0.2, 0.25) is 0 Å². The van der Waals surface area contributed by atoms with Crippen molar-refractivity contribution in [1.82, 2.24) is 0 Å². The molecule has 18 heavy (non-hydrogen) atoms. The van der Waals surface area contributed by atoms with Gasteiger partial charge in [0.2, 0.25) is 0 Å².